The average molecular weight is 300 g/mol. The summed E-state index contributed by atoms with van der Waals surface area (Å²) in [4.78, 5) is 9.40. The molecule has 2 fully saturated rings. The lowest BCUT2D eigenvalue weighted by Crippen LogP contribution is -2.40. The third kappa shape index (κ3) is 3.73. The van der Waals surface area contributed by atoms with E-state index in [0.29, 0.717) is 12.5 Å². The Morgan fingerprint density at radius 2 is 1.55 bits per heavy atom. The second kappa shape index (κ2) is 7.52. The molecule has 4 heteroatoms. The van der Waals surface area contributed by atoms with Crippen molar-refractivity contribution in [1.82, 2.24) is 4.90 Å². The van der Waals surface area contributed by atoms with Crippen molar-refractivity contribution in [2.45, 2.75) is 45.1 Å². The third-order valence-corrected chi connectivity index (χ3v) is 4.78. The first-order chi connectivity index (χ1) is 10.8. The summed E-state index contributed by atoms with van der Waals surface area (Å²) in [6, 6.07) is 8.66. The molecule has 0 atom stereocenters. The Hall–Kier alpha value is -1.71. The smallest absolute Gasteiger partial charge is 0.191 e. The van der Waals surface area contributed by atoms with Crippen LogP contribution >= 0.6 is 0 Å². The predicted molar refractivity (Wildman–Crippen MR) is 93.3 cm³/mol. The van der Waals surface area contributed by atoms with Crippen LogP contribution in [0.15, 0.2) is 29.3 Å². The van der Waals surface area contributed by atoms with Crippen LogP contribution in [-0.4, -0.2) is 37.0 Å². The molecule has 1 aromatic carbocycles. The highest BCUT2D eigenvalue weighted by Gasteiger charge is 2.15. The van der Waals surface area contributed by atoms with Crippen molar-refractivity contribution in [3.05, 3.63) is 29.8 Å². The summed E-state index contributed by atoms with van der Waals surface area (Å²) >= 11 is 0. The van der Waals surface area contributed by atoms with Crippen LogP contribution in [0.5, 0.6) is 0 Å². The number of hydrogen-bond acceptors (Lipinski definition) is 2. The molecule has 1 aromatic rings. The van der Waals surface area contributed by atoms with Gasteiger partial charge in [-0.05, 0) is 50.2 Å². The average Bonchev–Trinajstić information content (AvgIpc) is 2.61. The van der Waals surface area contributed by atoms with E-state index in [2.05, 4.69) is 39.1 Å². The Kier molecular flexibility index (Phi) is 5.20. The number of para-hydroxylation sites is 1. The van der Waals surface area contributed by atoms with Gasteiger partial charge in [-0.25, -0.2) is 4.99 Å². The molecule has 0 radical (unpaired) electrons. The second-order valence-electron chi connectivity index (χ2n) is 6.40. The van der Waals surface area contributed by atoms with E-state index in [-0.39, 0.29) is 0 Å². The lowest BCUT2D eigenvalue weighted by Gasteiger charge is -2.30. The largest absolute Gasteiger partial charge is 0.371 e. The van der Waals surface area contributed by atoms with Crippen LogP contribution in [0.25, 0.3) is 0 Å². The molecule has 3 rings (SSSR count). The molecule has 2 aliphatic heterocycles. The third-order valence-electron chi connectivity index (χ3n) is 4.78. The standard InChI is InChI=1S/C18H28N4/c19-18(22-13-7-2-8-14-22)20-15-16-9-3-4-10-17(16)21-11-5-1-6-12-21/h3-4,9-10H,1-2,5-8,11-15H2,(H2,19,20). The predicted octanol–water partition coefficient (Wildman–Crippen LogP) is 2.98. The fourth-order valence-electron chi connectivity index (χ4n) is 3.48. The van der Waals surface area contributed by atoms with Gasteiger partial charge in [0.25, 0.3) is 0 Å². The summed E-state index contributed by atoms with van der Waals surface area (Å²) in [6.45, 7) is 5.14. The zero-order chi connectivity index (χ0) is 15.2. The molecule has 0 unspecified atom stereocenters. The van der Waals surface area contributed by atoms with E-state index >= 15 is 0 Å². The summed E-state index contributed by atoms with van der Waals surface area (Å²) < 4.78 is 0. The van der Waals surface area contributed by atoms with E-state index in [0.717, 1.165) is 13.1 Å². The minimum atomic E-state index is 0.689. The molecule has 4 nitrogen and oxygen atoms in total. The van der Waals surface area contributed by atoms with E-state index < -0.39 is 0 Å². The number of rotatable bonds is 3. The van der Waals surface area contributed by atoms with Crippen molar-refractivity contribution in [2.75, 3.05) is 31.1 Å². The summed E-state index contributed by atoms with van der Waals surface area (Å²) in [7, 11) is 0. The number of benzene rings is 1. The molecule has 0 amide bonds. The van der Waals surface area contributed by atoms with Crippen molar-refractivity contribution >= 4 is 11.6 Å². The normalized spacial score (nSPS) is 20.3. The minimum Gasteiger partial charge on any atom is -0.371 e. The molecule has 2 N–H and O–H groups in total. The Balaban J connectivity index is 1.69. The number of aliphatic imine (C=N–C) groups is 1. The van der Waals surface area contributed by atoms with Gasteiger partial charge >= 0.3 is 0 Å². The first-order valence-corrected chi connectivity index (χ1v) is 8.72. The molecule has 22 heavy (non-hydrogen) atoms. The van der Waals surface area contributed by atoms with E-state index in [1.54, 1.807) is 0 Å². The monoisotopic (exact) mass is 300 g/mol. The van der Waals surface area contributed by atoms with Crippen LogP contribution in [0, 0.1) is 0 Å². The number of hydrogen-bond donors (Lipinski definition) is 1. The van der Waals surface area contributed by atoms with Crippen LogP contribution in [0.4, 0.5) is 5.69 Å². The molecule has 0 aromatic heterocycles. The number of nitrogens with zero attached hydrogens (tertiary/aromatic N) is 3. The molecule has 2 saturated heterocycles. The molecule has 0 bridgehead atoms. The van der Waals surface area contributed by atoms with Crippen molar-refractivity contribution in [1.29, 1.82) is 0 Å². The van der Waals surface area contributed by atoms with Crippen LogP contribution in [0.1, 0.15) is 44.1 Å². The van der Waals surface area contributed by atoms with Gasteiger partial charge < -0.3 is 15.5 Å². The van der Waals surface area contributed by atoms with Gasteiger partial charge in [0.15, 0.2) is 5.96 Å². The van der Waals surface area contributed by atoms with Gasteiger partial charge in [0.05, 0.1) is 6.54 Å². The molecular weight excluding hydrogens is 272 g/mol. The van der Waals surface area contributed by atoms with Gasteiger partial charge in [-0.3, -0.25) is 0 Å². The van der Waals surface area contributed by atoms with E-state index in [1.165, 1.54) is 62.9 Å². The quantitative estimate of drug-likeness (QED) is 0.689. The first kappa shape index (κ1) is 15.2. The minimum absolute atomic E-state index is 0.689. The first-order valence-electron chi connectivity index (χ1n) is 8.72. The van der Waals surface area contributed by atoms with Crippen molar-refractivity contribution in [3.63, 3.8) is 0 Å². The molecular formula is C18H28N4. The van der Waals surface area contributed by atoms with Crippen LogP contribution < -0.4 is 10.6 Å². The summed E-state index contributed by atoms with van der Waals surface area (Å²) in [5, 5.41) is 0. The molecule has 2 heterocycles. The van der Waals surface area contributed by atoms with Crippen LogP contribution in [0.2, 0.25) is 0 Å². The molecule has 0 saturated carbocycles. The van der Waals surface area contributed by atoms with Crippen molar-refractivity contribution in [3.8, 4) is 0 Å². The Morgan fingerprint density at radius 3 is 2.27 bits per heavy atom. The van der Waals surface area contributed by atoms with Gasteiger partial charge in [-0.15, -0.1) is 0 Å². The molecule has 2 aliphatic rings. The maximum absolute atomic E-state index is 6.19. The van der Waals surface area contributed by atoms with Gasteiger partial charge in [0, 0.05) is 31.9 Å². The number of likely N-dealkylation sites (tertiary alicyclic amines) is 1. The second-order valence-corrected chi connectivity index (χ2v) is 6.40. The fraction of sp³-hybridized carbons (Fsp3) is 0.611. The Labute approximate surface area is 134 Å². The van der Waals surface area contributed by atoms with Crippen LogP contribution in [0.3, 0.4) is 0 Å². The zero-order valence-corrected chi connectivity index (χ0v) is 13.5. The summed E-state index contributed by atoms with van der Waals surface area (Å²) in [5.41, 5.74) is 8.83. The number of nitrogens with two attached hydrogens (primary N) is 1. The zero-order valence-electron chi connectivity index (χ0n) is 13.5. The highest BCUT2D eigenvalue weighted by atomic mass is 15.3. The van der Waals surface area contributed by atoms with Gasteiger partial charge in [0.1, 0.15) is 0 Å². The van der Waals surface area contributed by atoms with E-state index in [4.69, 9.17) is 5.73 Å². The maximum atomic E-state index is 6.19. The Morgan fingerprint density at radius 1 is 0.909 bits per heavy atom. The maximum Gasteiger partial charge on any atom is 0.191 e. The lowest BCUT2D eigenvalue weighted by molar-refractivity contribution is 0.338. The highest BCUT2D eigenvalue weighted by molar-refractivity contribution is 5.78. The van der Waals surface area contributed by atoms with Crippen molar-refractivity contribution < 1.29 is 0 Å². The van der Waals surface area contributed by atoms with Gasteiger partial charge in [-0.2, -0.15) is 0 Å². The van der Waals surface area contributed by atoms with Crippen molar-refractivity contribution in [2.24, 2.45) is 10.7 Å². The lowest BCUT2D eigenvalue weighted by atomic mass is 10.1. The summed E-state index contributed by atoms with van der Waals surface area (Å²) in [6.07, 6.45) is 7.75. The topological polar surface area (TPSA) is 44.9 Å². The summed E-state index contributed by atoms with van der Waals surface area (Å²) in [5.74, 6) is 0.716. The number of guanidine groups is 1. The van der Waals surface area contributed by atoms with Crippen LogP contribution in [-0.2, 0) is 6.54 Å². The Bertz CT molecular complexity index is 500. The molecule has 120 valence electrons. The number of piperidine rings is 2. The highest BCUT2D eigenvalue weighted by Crippen LogP contribution is 2.24. The van der Waals surface area contributed by atoms with E-state index in [9.17, 15) is 0 Å². The van der Waals surface area contributed by atoms with E-state index in [1.807, 2.05) is 0 Å². The number of anilines is 1. The molecule has 0 spiro atoms. The van der Waals surface area contributed by atoms with Gasteiger partial charge in [-0.1, -0.05) is 18.2 Å². The fourth-order valence-corrected chi connectivity index (χ4v) is 3.48. The van der Waals surface area contributed by atoms with Gasteiger partial charge in [0.2, 0.25) is 0 Å². The SMILES string of the molecule is NC(=NCc1ccccc1N1CCCCC1)N1CCCCC1. The molecule has 0 aliphatic carbocycles.